The number of fused-ring (bicyclic) bond motifs is 2. The van der Waals surface area contributed by atoms with Gasteiger partial charge in [-0.3, -0.25) is 9.59 Å². The van der Waals surface area contributed by atoms with Crippen LogP contribution >= 0.6 is 11.3 Å². The maximum atomic E-state index is 11.4. The van der Waals surface area contributed by atoms with Crippen molar-refractivity contribution in [3.8, 4) is 0 Å². The van der Waals surface area contributed by atoms with Crippen molar-refractivity contribution in [2.24, 2.45) is 17.1 Å². The third-order valence-electron chi connectivity index (χ3n) is 6.31. The van der Waals surface area contributed by atoms with E-state index in [-0.39, 0.29) is 11.6 Å². The van der Waals surface area contributed by atoms with E-state index < -0.39 is 0 Å². The van der Waals surface area contributed by atoms with Gasteiger partial charge < -0.3 is 16.4 Å². The molecule has 1 aliphatic rings. The number of aromatic amines is 1. The van der Waals surface area contributed by atoms with Crippen molar-refractivity contribution in [1.82, 2.24) is 25.7 Å². The number of carbonyl (C=O) groups is 2. The minimum absolute atomic E-state index is 0.272. The van der Waals surface area contributed by atoms with Crippen LogP contribution in [0.1, 0.15) is 58.6 Å². The number of H-pyrrole nitrogens is 1. The molecule has 5 N–H and O–H groups in total. The minimum atomic E-state index is -0.273. The fraction of sp³-hybridized carbons (Fsp3) is 0.393. The molecule has 3 heterocycles. The van der Waals surface area contributed by atoms with E-state index in [2.05, 4.69) is 52.9 Å². The van der Waals surface area contributed by atoms with Crippen molar-refractivity contribution in [3.63, 3.8) is 0 Å². The molecule has 38 heavy (non-hydrogen) atoms. The lowest BCUT2D eigenvalue weighted by Gasteiger charge is -2.34. The average Bonchev–Trinajstić information content (AvgIpc) is 3.58. The van der Waals surface area contributed by atoms with Gasteiger partial charge in [-0.2, -0.15) is 15.4 Å². The number of hydrogen-bond acceptors (Lipinski definition) is 8. The lowest BCUT2D eigenvalue weighted by molar-refractivity contribution is 0.102. The molecule has 202 valence electrons. The van der Waals surface area contributed by atoms with E-state index >= 15 is 0 Å². The summed E-state index contributed by atoms with van der Waals surface area (Å²) in [6, 6.07) is 13.4. The van der Waals surface area contributed by atoms with E-state index in [1.54, 1.807) is 12.1 Å². The third-order valence-corrected chi connectivity index (χ3v) is 7.28. The molecule has 0 radical (unpaired) electrons. The molecule has 3 aromatic heterocycles. The van der Waals surface area contributed by atoms with E-state index in [1.165, 1.54) is 35.2 Å². The number of benzene rings is 1. The molecule has 0 saturated carbocycles. The third kappa shape index (κ3) is 8.27. The standard InChI is InChI=1S/C16H19NOS.C9H8N4O.C3H10N2/c1-16(2,3)12-4-5-14-10(7-12)6-11-8-13(9-18)19-15(11)17-14;14-9(8-6-10-13-12-8)11-7-4-2-1-3-5-7;1-5-3-2-4/h6,8-9,12H,4-5,7H2,1-3H3;1-6H,(H,11,14)(H,10,12,13);5H,2-4H2,1H3. The first kappa shape index (κ1) is 29.1. The Bertz CT molecular complexity index is 1300. The second-order valence-electron chi connectivity index (χ2n) is 10.1. The molecule has 0 fully saturated rings. The number of hydrogen-bond donors (Lipinski definition) is 4. The van der Waals surface area contributed by atoms with Crippen molar-refractivity contribution in [2.75, 3.05) is 25.5 Å². The summed E-state index contributed by atoms with van der Waals surface area (Å²) in [5.74, 6) is 0.452. The number of likely N-dealkylation sites (N-methyl/N-ethyl adjacent to an activating group) is 1. The SMILES string of the molecule is CC(C)(C)C1CCc2nc3sc(C=O)cc3cc2C1.CNCCN.O=C(Nc1ccccc1)c1cn[nH]n1. The van der Waals surface area contributed by atoms with E-state index in [0.29, 0.717) is 5.41 Å². The van der Waals surface area contributed by atoms with Crippen LogP contribution in [0.3, 0.4) is 0 Å². The molecule has 0 bridgehead atoms. The van der Waals surface area contributed by atoms with Crippen LogP contribution in [-0.4, -0.2) is 52.7 Å². The normalized spacial score (nSPS) is 14.4. The van der Waals surface area contributed by atoms with E-state index in [0.717, 1.165) is 58.9 Å². The van der Waals surface area contributed by atoms with Gasteiger partial charge in [0.05, 0.1) is 11.1 Å². The number of thiophene rings is 1. The fourth-order valence-corrected chi connectivity index (χ4v) is 4.96. The van der Waals surface area contributed by atoms with E-state index in [9.17, 15) is 9.59 Å². The summed E-state index contributed by atoms with van der Waals surface area (Å²) in [6.07, 6.45) is 5.71. The Morgan fingerprint density at radius 1 is 1.24 bits per heavy atom. The summed E-state index contributed by atoms with van der Waals surface area (Å²) in [6.45, 7) is 8.62. The van der Waals surface area contributed by atoms with Gasteiger partial charge in [0, 0.05) is 29.9 Å². The molecule has 1 aliphatic carbocycles. The first-order valence-electron chi connectivity index (χ1n) is 12.7. The molecule has 9 nitrogen and oxygen atoms in total. The van der Waals surface area contributed by atoms with Crippen molar-refractivity contribution < 1.29 is 9.59 Å². The summed E-state index contributed by atoms with van der Waals surface area (Å²) < 4.78 is 0. The zero-order chi connectivity index (χ0) is 27.5. The lowest BCUT2D eigenvalue weighted by atomic mass is 9.71. The number of anilines is 1. The molecule has 0 spiro atoms. The van der Waals surface area contributed by atoms with Crippen molar-refractivity contribution in [2.45, 2.75) is 40.0 Å². The van der Waals surface area contributed by atoms with Gasteiger partial charge in [0.2, 0.25) is 0 Å². The summed E-state index contributed by atoms with van der Waals surface area (Å²) >= 11 is 1.50. The number of aromatic nitrogens is 4. The molecule has 1 aromatic carbocycles. The summed E-state index contributed by atoms with van der Waals surface area (Å²) in [4.78, 5) is 28.9. The summed E-state index contributed by atoms with van der Waals surface area (Å²) in [5, 5.41) is 16.3. The van der Waals surface area contributed by atoms with Crippen LogP contribution in [-0.2, 0) is 12.8 Å². The molecule has 10 heteroatoms. The first-order chi connectivity index (χ1) is 18.2. The summed E-state index contributed by atoms with van der Waals surface area (Å²) in [5.41, 5.74) is 9.07. The van der Waals surface area contributed by atoms with Crippen molar-refractivity contribution in [3.05, 3.63) is 70.5 Å². The van der Waals surface area contributed by atoms with Gasteiger partial charge in [-0.25, -0.2) is 4.98 Å². The Morgan fingerprint density at radius 2 is 2.00 bits per heavy atom. The Labute approximate surface area is 227 Å². The molecule has 1 unspecified atom stereocenters. The van der Waals surface area contributed by atoms with Crippen LogP contribution < -0.4 is 16.4 Å². The number of amides is 1. The van der Waals surface area contributed by atoms with Crippen LogP contribution in [0.2, 0.25) is 0 Å². The zero-order valence-corrected chi connectivity index (χ0v) is 23.3. The van der Waals surface area contributed by atoms with Crippen molar-refractivity contribution in [1.29, 1.82) is 0 Å². The van der Waals surface area contributed by atoms with Gasteiger partial charge in [-0.05, 0) is 67.5 Å². The molecule has 0 saturated heterocycles. The molecular weight excluding hydrogens is 498 g/mol. The highest BCUT2D eigenvalue weighted by atomic mass is 32.1. The maximum absolute atomic E-state index is 11.4. The topological polar surface area (TPSA) is 139 Å². The molecule has 5 rings (SSSR count). The molecule has 0 aliphatic heterocycles. The number of para-hydroxylation sites is 1. The highest BCUT2D eigenvalue weighted by Crippen LogP contribution is 2.38. The van der Waals surface area contributed by atoms with Crippen LogP contribution in [0.4, 0.5) is 5.69 Å². The number of aryl methyl sites for hydroxylation is 1. The number of nitrogens with one attached hydrogen (secondary N) is 3. The Hall–Kier alpha value is -3.47. The van der Waals surface area contributed by atoms with E-state index in [1.807, 2.05) is 31.3 Å². The number of rotatable bonds is 5. The van der Waals surface area contributed by atoms with Gasteiger partial charge in [0.15, 0.2) is 12.0 Å². The Balaban J connectivity index is 0.000000185. The smallest absolute Gasteiger partial charge is 0.277 e. The Morgan fingerprint density at radius 3 is 2.58 bits per heavy atom. The second kappa shape index (κ2) is 13.9. The van der Waals surface area contributed by atoms with Crippen LogP contribution in [0.15, 0.2) is 48.7 Å². The zero-order valence-electron chi connectivity index (χ0n) is 22.5. The average molecular weight is 536 g/mol. The monoisotopic (exact) mass is 535 g/mol. The van der Waals surface area contributed by atoms with Crippen LogP contribution in [0.5, 0.6) is 0 Å². The van der Waals surface area contributed by atoms with Gasteiger partial charge in [0.25, 0.3) is 5.91 Å². The van der Waals surface area contributed by atoms with Crippen LogP contribution in [0, 0.1) is 11.3 Å². The molecule has 4 aromatic rings. The number of aldehydes is 1. The van der Waals surface area contributed by atoms with E-state index in [4.69, 9.17) is 10.7 Å². The predicted octanol–water partition coefficient (Wildman–Crippen LogP) is 4.48. The highest BCUT2D eigenvalue weighted by molar-refractivity contribution is 7.20. The summed E-state index contributed by atoms with van der Waals surface area (Å²) in [7, 11) is 1.88. The number of nitrogens with two attached hydrogens (primary N) is 1. The fourth-order valence-electron chi connectivity index (χ4n) is 4.11. The minimum Gasteiger partial charge on any atom is -0.329 e. The number of carbonyl (C=O) groups excluding carboxylic acids is 2. The molecule has 1 atom stereocenters. The van der Waals surface area contributed by atoms with Gasteiger partial charge in [0.1, 0.15) is 4.83 Å². The molecule has 1 amide bonds. The lowest BCUT2D eigenvalue weighted by Crippen LogP contribution is -2.27. The molecular formula is C28H37N7O2S. The Kier molecular flexibility index (Phi) is 10.6. The van der Waals surface area contributed by atoms with Gasteiger partial charge >= 0.3 is 0 Å². The predicted molar refractivity (Wildman–Crippen MR) is 154 cm³/mol. The van der Waals surface area contributed by atoms with Gasteiger partial charge in [-0.1, -0.05) is 39.0 Å². The maximum Gasteiger partial charge on any atom is 0.277 e. The number of nitrogens with zero attached hydrogens (tertiary/aromatic N) is 3. The number of pyridine rings is 1. The van der Waals surface area contributed by atoms with Crippen molar-refractivity contribution >= 4 is 39.4 Å². The largest absolute Gasteiger partial charge is 0.329 e. The first-order valence-corrected chi connectivity index (χ1v) is 13.5. The quantitative estimate of drug-likeness (QED) is 0.276. The van der Waals surface area contributed by atoms with Gasteiger partial charge in [-0.15, -0.1) is 11.3 Å². The van der Waals surface area contributed by atoms with Crippen LogP contribution in [0.25, 0.3) is 10.2 Å². The second-order valence-corrected chi connectivity index (χ2v) is 11.2. The highest BCUT2D eigenvalue weighted by Gasteiger charge is 2.29.